The summed E-state index contributed by atoms with van der Waals surface area (Å²) in [5.74, 6) is -0.714. The van der Waals surface area contributed by atoms with Crippen molar-refractivity contribution in [1.29, 1.82) is 0 Å². The quantitative estimate of drug-likeness (QED) is 0.530. The molecule has 0 spiro atoms. The van der Waals surface area contributed by atoms with Crippen LogP contribution in [0.25, 0.3) is 0 Å². The first-order valence-electron chi connectivity index (χ1n) is 11.4. The molecule has 1 aliphatic heterocycles. The topological polar surface area (TPSA) is 79.0 Å². The van der Waals surface area contributed by atoms with Gasteiger partial charge in [-0.2, -0.15) is 4.31 Å². The van der Waals surface area contributed by atoms with Gasteiger partial charge in [0.05, 0.1) is 17.6 Å². The predicted molar refractivity (Wildman–Crippen MR) is 134 cm³/mol. The average Bonchev–Trinajstić information content (AvgIpc) is 2.89. The van der Waals surface area contributed by atoms with Gasteiger partial charge in [0.1, 0.15) is 11.6 Å². The lowest BCUT2D eigenvalue weighted by atomic mass is 10.1. The van der Waals surface area contributed by atoms with Gasteiger partial charge < -0.3 is 15.0 Å². The van der Waals surface area contributed by atoms with Crippen LogP contribution in [0, 0.1) is 5.82 Å². The highest BCUT2D eigenvalue weighted by atomic mass is 32.2. The van der Waals surface area contributed by atoms with Crippen molar-refractivity contribution in [2.45, 2.75) is 18.2 Å². The second-order valence-corrected chi connectivity index (χ2v) is 10.1. The minimum atomic E-state index is -3.90. The zero-order chi connectivity index (χ0) is 25.0. The highest BCUT2D eigenvalue weighted by molar-refractivity contribution is 7.89. The Labute approximate surface area is 205 Å². The van der Waals surface area contributed by atoms with Crippen molar-refractivity contribution in [2.75, 3.05) is 43.5 Å². The summed E-state index contributed by atoms with van der Waals surface area (Å²) in [6.45, 7) is 3.52. The fourth-order valence-electron chi connectivity index (χ4n) is 4.11. The second-order valence-electron chi connectivity index (χ2n) is 8.20. The van der Waals surface area contributed by atoms with E-state index in [2.05, 4.69) is 10.2 Å². The molecule has 184 valence electrons. The molecule has 1 fully saturated rings. The summed E-state index contributed by atoms with van der Waals surface area (Å²) in [4.78, 5) is 14.8. The van der Waals surface area contributed by atoms with Crippen LogP contribution in [0.15, 0.2) is 71.6 Å². The van der Waals surface area contributed by atoms with Gasteiger partial charge in [-0.25, -0.2) is 12.8 Å². The Kier molecular flexibility index (Phi) is 7.37. The number of sulfonamides is 1. The zero-order valence-electron chi connectivity index (χ0n) is 19.7. The third-order valence-corrected chi connectivity index (χ3v) is 8.04. The number of aryl methyl sites for hydroxylation is 1. The van der Waals surface area contributed by atoms with Crippen LogP contribution in [0.5, 0.6) is 5.75 Å². The SMILES string of the molecule is CCc1ccccc1NC(=O)c1cc(S(=O)(=O)N2CCN(c3ccc(OC)cc3)CC2)ccc1F. The fraction of sp³-hybridized carbons (Fsp3) is 0.269. The molecule has 1 saturated heterocycles. The molecule has 1 amide bonds. The minimum absolute atomic E-state index is 0.106. The van der Waals surface area contributed by atoms with Crippen LogP contribution in [0.1, 0.15) is 22.8 Å². The van der Waals surface area contributed by atoms with Crippen molar-refractivity contribution in [3.8, 4) is 5.75 Å². The lowest BCUT2D eigenvalue weighted by Gasteiger charge is -2.35. The smallest absolute Gasteiger partial charge is 0.258 e. The summed E-state index contributed by atoms with van der Waals surface area (Å²) in [5.41, 5.74) is 2.15. The third-order valence-electron chi connectivity index (χ3n) is 6.14. The summed E-state index contributed by atoms with van der Waals surface area (Å²) in [6, 6.07) is 18.2. The number of carbonyl (C=O) groups is 1. The van der Waals surface area contributed by atoms with E-state index in [4.69, 9.17) is 4.74 Å². The van der Waals surface area contributed by atoms with Gasteiger partial charge in [-0.3, -0.25) is 4.79 Å². The van der Waals surface area contributed by atoms with Crippen molar-refractivity contribution < 1.29 is 22.3 Å². The first kappa shape index (κ1) is 24.7. The molecule has 0 bridgehead atoms. The maximum absolute atomic E-state index is 14.5. The number of benzene rings is 3. The van der Waals surface area contributed by atoms with Crippen LogP contribution in [-0.2, 0) is 16.4 Å². The molecule has 0 atom stereocenters. The van der Waals surface area contributed by atoms with E-state index in [-0.39, 0.29) is 23.5 Å². The van der Waals surface area contributed by atoms with Gasteiger partial charge in [0.2, 0.25) is 10.0 Å². The number of piperazine rings is 1. The number of anilines is 2. The summed E-state index contributed by atoms with van der Waals surface area (Å²) < 4.78 is 47.7. The maximum atomic E-state index is 14.5. The number of hydrogen-bond acceptors (Lipinski definition) is 5. The molecule has 35 heavy (non-hydrogen) atoms. The van der Waals surface area contributed by atoms with E-state index in [0.717, 1.165) is 29.1 Å². The largest absolute Gasteiger partial charge is 0.497 e. The Morgan fingerprint density at radius 3 is 2.34 bits per heavy atom. The van der Waals surface area contributed by atoms with Gasteiger partial charge in [-0.05, 0) is 60.5 Å². The number of para-hydroxylation sites is 1. The number of amides is 1. The number of nitrogens with one attached hydrogen (secondary N) is 1. The van der Waals surface area contributed by atoms with Gasteiger partial charge in [-0.15, -0.1) is 0 Å². The first-order valence-corrected chi connectivity index (χ1v) is 12.9. The number of ether oxygens (including phenoxy) is 1. The van der Waals surface area contributed by atoms with Crippen molar-refractivity contribution in [3.05, 3.63) is 83.7 Å². The van der Waals surface area contributed by atoms with Crippen molar-refractivity contribution in [1.82, 2.24) is 4.31 Å². The fourth-order valence-corrected chi connectivity index (χ4v) is 5.56. The van der Waals surface area contributed by atoms with Crippen molar-refractivity contribution in [2.24, 2.45) is 0 Å². The van der Waals surface area contributed by atoms with E-state index >= 15 is 0 Å². The van der Waals surface area contributed by atoms with Crippen LogP contribution in [0.4, 0.5) is 15.8 Å². The maximum Gasteiger partial charge on any atom is 0.258 e. The predicted octanol–water partition coefficient (Wildman–Crippen LogP) is 4.16. The van der Waals surface area contributed by atoms with Gasteiger partial charge in [0.25, 0.3) is 5.91 Å². The summed E-state index contributed by atoms with van der Waals surface area (Å²) >= 11 is 0. The second kappa shape index (κ2) is 10.5. The molecule has 3 aromatic carbocycles. The van der Waals surface area contributed by atoms with Crippen molar-refractivity contribution >= 4 is 27.3 Å². The Hall–Kier alpha value is -3.43. The number of methoxy groups -OCH3 is 1. The molecule has 1 N–H and O–H groups in total. The van der Waals surface area contributed by atoms with Crippen LogP contribution in [0.3, 0.4) is 0 Å². The number of rotatable bonds is 7. The molecule has 0 radical (unpaired) electrons. The molecule has 9 heteroatoms. The van der Waals surface area contributed by atoms with E-state index in [9.17, 15) is 17.6 Å². The van der Waals surface area contributed by atoms with E-state index < -0.39 is 21.7 Å². The number of hydrogen-bond donors (Lipinski definition) is 1. The lowest BCUT2D eigenvalue weighted by molar-refractivity contribution is 0.102. The molecule has 1 heterocycles. The Bertz CT molecular complexity index is 1300. The lowest BCUT2D eigenvalue weighted by Crippen LogP contribution is -2.48. The van der Waals surface area contributed by atoms with Gasteiger partial charge in [-0.1, -0.05) is 25.1 Å². The number of carbonyl (C=O) groups excluding carboxylic acids is 1. The zero-order valence-corrected chi connectivity index (χ0v) is 20.5. The molecule has 7 nitrogen and oxygen atoms in total. The Balaban J connectivity index is 1.49. The molecular weight excluding hydrogens is 469 g/mol. The standard InChI is InChI=1S/C26H28FN3O4S/c1-3-19-6-4-5-7-25(19)28-26(31)23-18-22(12-13-24(23)27)35(32,33)30-16-14-29(15-17-30)20-8-10-21(34-2)11-9-20/h4-13,18H,3,14-17H2,1-2H3,(H,28,31). The van der Waals surface area contributed by atoms with Gasteiger partial charge >= 0.3 is 0 Å². The Morgan fingerprint density at radius 2 is 1.69 bits per heavy atom. The third kappa shape index (κ3) is 5.31. The van der Waals surface area contributed by atoms with Crippen LogP contribution in [0.2, 0.25) is 0 Å². The molecule has 1 aliphatic rings. The molecule has 3 aromatic rings. The molecular formula is C26H28FN3O4S. The highest BCUT2D eigenvalue weighted by Gasteiger charge is 2.30. The van der Waals surface area contributed by atoms with Gasteiger partial charge in [0.15, 0.2) is 0 Å². The minimum Gasteiger partial charge on any atom is -0.497 e. The van der Waals surface area contributed by atoms with E-state index in [1.807, 2.05) is 43.3 Å². The molecule has 0 saturated carbocycles. The number of nitrogens with zero attached hydrogens (tertiary/aromatic N) is 2. The summed E-state index contributed by atoms with van der Waals surface area (Å²) in [5, 5.41) is 2.71. The molecule has 4 rings (SSSR count). The van der Waals surface area contributed by atoms with Crippen molar-refractivity contribution in [3.63, 3.8) is 0 Å². The van der Waals surface area contributed by atoms with E-state index in [0.29, 0.717) is 25.2 Å². The van der Waals surface area contributed by atoms with Crippen LogP contribution in [-0.4, -0.2) is 51.9 Å². The first-order chi connectivity index (χ1) is 16.8. The molecule has 0 aromatic heterocycles. The highest BCUT2D eigenvalue weighted by Crippen LogP contribution is 2.25. The molecule has 0 unspecified atom stereocenters. The van der Waals surface area contributed by atoms with E-state index in [1.54, 1.807) is 19.2 Å². The normalized spacial score (nSPS) is 14.5. The number of halogens is 1. The van der Waals surface area contributed by atoms with Gasteiger partial charge in [0, 0.05) is 37.6 Å². The summed E-state index contributed by atoms with van der Waals surface area (Å²) in [6.07, 6.45) is 0.690. The molecule has 0 aliphatic carbocycles. The van der Waals surface area contributed by atoms with E-state index in [1.165, 1.54) is 10.4 Å². The monoisotopic (exact) mass is 497 g/mol. The van der Waals surface area contributed by atoms with Crippen LogP contribution >= 0.6 is 0 Å². The average molecular weight is 498 g/mol. The van der Waals surface area contributed by atoms with Crippen LogP contribution < -0.4 is 15.0 Å². The Morgan fingerprint density at radius 1 is 1.00 bits per heavy atom. The summed E-state index contributed by atoms with van der Waals surface area (Å²) in [7, 11) is -2.29.